The third kappa shape index (κ3) is 4.23. The van der Waals surface area contributed by atoms with Crippen molar-refractivity contribution in [2.75, 3.05) is 19.6 Å². The molecule has 4 nitrogen and oxygen atoms in total. The van der Waals surface area contributed by atoms with Gasteiger partial charge in [-0.2, -0.15) is 0 Å². The van der Waals surface area contributed by atoms with E-state index in [4.69, 9.17) is 0 Å². The van der Waals surface area contributed by atoms with Gasteiger partial charge in [0.1, 0.15) is 0 Å². The predicted molar refractivity (Wildman–Crippen MR) is 89.4 cm³/mol. The van der Waals surface area contributed by atoms with Crippen LogP contribution in [-0.4, -0.2) is 34.5 Å². The summed E-state index contributed by atoms with van der Waals surface area (Å²) in [6, 6.07) is 8.63. The fourth-order valence-corrected chi connectivity index (χ4v) is 2.78. The molecule has 2 aromatic heterocycles. The van der Waals surface area contributed by atoms with Crippen molar-refractivity contribution in [1.82, 2.24) is 20.2 Å². The number of halogens is 2. The maximum Gasteiger partial charge on any atom is 0.0545 e. The standard InChI is InChI=1S/C15H17BrN4.ClH/c16-13-3-4-14(19-9-13)11-20-7-6-18-10-15(20)12-2-1-5-17-8-12;/h1-5,8-9,15,18H,6-7,10-11H2;1H. The van der Waals surface area contributed by atoms with Crippen molar-refractivity contribution in [3.05, 3.63) is 58.6 Å². The Balaban J connectivity index is 0.00000161. The first-order chi connectivity index (χ1) is 9.83. The second-order valence-electron chi connectivity index (χ2n) is 4.94. The van der Waals surface area contributed by atoms with Crippen LogP contribution in [0.15, 0.2) is 47.3 Å². The van der Waals surface area contributed by atoms with Crippen molar-refractivity contribution in [1.29, 1.82) is 0 Å². The van der Waals surface area contributed by atoms with Gasteiger partial charge >= 0.3 is 0 Å². The summed E-state index contributed by atoms with van der Waals surface area (Å²) in [5, 5.41) is 3.46. The van der Waals surface area contributed by atoms with Gasteiger partial charge in [0.05, 0.1) is 5.69 Å². The van der Waals surface area contributed by atoms with Crippen LogP contribution in [0.4, 0.5) is 0 Å². The van der Waals surface area contributed by atoms with Gasteiger partial charge in [-0.1, -0.05) is 6.07 Å². The smallest absolute Gasteiger partial charge is 0.0545 e. The van der Waals surface area contributed by atoms with Gasteiger partial charge in [0.15, 0.2) is 0 Å². The number of nitrogens with zero attached hydrogens (tertiary/aromatic N) is 3. The number of aromatic nitrogens is 2. The van der Waals surface area contributed by atoms with Crippen LogP contribution in [0.1, 0.15) is 17.3 Å². The lowest BCUT2D eigenvalue weighted by atomic mass is 10.1. The fourth-order valence-electron chi connectivity index (χ4n) is 2.55. The molecule has 21 heavy (non-hydrogen) atoms. The Morgan fingerprint density at radius 3 is 2.90 bits per heavy atom. The Morgan fingerprint density at radius 1 is 1.29 bits per heavy atom. The lowest BCUT2D eigenvalue weighted by Gasteiger charge is -2.36. The topological polar surface area (TPSA) is 41.0 Å². The number of nitrogens with one attached hydrogen (secondary N) is 1. The Morgan fingerprint density at radius 2 is 2.19 bits per heavy atom. The molecule has 1 unspecified atom stereocenters. The largest absolute Gasteiger partial charge is 0.314 e. The van der Waals surface area contributed by atoms with Gasteiger partial charge in [-0.25, -0.2) is 0 Å². The lowest BCUT2D eigenvalue weighted by molar-refractivity contribution is 0.151. The highest BCUT2D eigenvalue weighted by Gasteiger charge is 2.24. The highest BCUT2D eigenvalue weighted by atomic mass is 79.9. The summed E-state index contributed by atoms with van der Waals surface area (Å²) in [4.78, 5) is 11.2. The Kier molecular flexibility index (Phi) is 6.11. The van der Waals surface area contributed by atoms with E-state index in [0.717, 1.165) is 36.3 Å². The van der Waals surface area contributed by atoms with Crippen LogP contribution in [0.2, 0.25) is 0 Å². The molecule has 3 heterocycles. The first-order valence-corrected chi connectivity index (χ1v) is 7.57. The summed E-state index contributed by atoms with van der Waals surface area (Å²) in [5.41, 5.74) is 2.36. The molecule has 1 aliphatic heterocycles. The summed E-state index contributed by atoms with van der Waals surface area (Å²) in [5.74, 6) is 0. The van der Waals surface area contributed by atoms with E-state index in [1.807, 2.05) is 30.7 Å². The van der Waals surface area contributed by atoms with Crippen LogP contribution in [0.25, 0.3) is 0 Å². The number of rotatable bonds is 3. The summed E-state index contributed by atoms with van der Waals surface area (Å²) < 4.78 is 1.02. The maximum atomic E-state index is 4.48. The minimum absolute atomic E-state index is 0. The molecule has 1 fully saturated rings. The highest BCUT2D eigenvalue weighted by Crippen LogP contribution is 2.23. The number of hydrogen-bond acceptors (Lipinski definition) is 4. The normalized spacial score (nSPS) is 19.0. The molecule has 1 saturated heterocycles. The van der Waals surface area contributed by atoms with E-state index >= 15 is 0 Å². The molecule has 0 spiro atoms. The molecule has 1 aliphatic rings. The summed E-state index contributed by atoms with van der Waals surface area (Å²) in [7, 11) is 0. The zero-order valence-corrected chi connectivity index (χ0v) is 14.0. The minimum Gasteiger partial charge on any atom is -0.314 e. The van der Waals surface area contributed by atoms with Gasteiger partial charge < -0.3 is 5.32 Å². The van der Waals surface area contributed by atoms with Gasteiger partial charge in [-0.05, 0) is 39.7 Å². The molecule has 2 aromatic rings. The number of hydrogen-bond donors (Lipinski definition) is 1. The summed E-state index contributed by atoms with van der Waals surface area (Å²) in [6.07, 6.45) is 5.64. The van der Waals surface area contributed by atoms with Crippen LogP contribution in [0, 0.1) is 0 Å². The van der Waals surface area contributed by atoms with Crippen molar-refractivity contribution >= 4 is 28.3 Å². The first kappa shape index (κ1) is 16.4. The van der Waals surface area contributed by atoms with Crippen molar-refractivity contribution in [3.8, 4) is 0 Å². The third-order valence-corrected chi connectivity index (χ3v) is 4.05. The molecule has 6 heteroatoms. The van der Waals surface area contributed by atoms with E-state index in [2.05, 4.69) is 48.2 Å². The van der Waals surface area contributed by atoms with Crippen molar-refractivity contribution in [2.24, 2.45) is 0 Å². The average molecular weight is 370 g/mol. The molecule has 0 aliphatic carbocycles. The molecule has 0 aromatic carbocycles. The third-order valence-electron chi connectivity index (χ3n) is 3.58. The first-order valence-electron chi connectivity index (χ1n) is 6.78. The molecular formula is C15H18BrClN4. The van der Waals surface area contributed by atoms with E-state index in [1.165, 1.54) is 5.56 Å². The summed E-state index contributed by atoms with van der Waals surface area (Å²) >= 11 is 3.42. The Labute approximate surface area is 139 Å². The Bertz CT molecular complexity index is 549. The summed E-state index contributed by atoms with van der Waals surface area (Å²) in [6.45, 7) is 3.88. The van der Waals surface area contributed by atoms with Crippen LogP contribution in [0.3, 0.4) is 0 Å². The van der Waals surface area contributed by atoms with E-state index < -0.39 is 0 Å². The van der Waals surface area contributed by atoms with Crippen LogP contribution in [0.5, 0.6) is 0 Å². The van der Waals surface area contributed by atoms with E-state index in [0.29, 0.717) is 6.04 Å². The van der Waals surface area contributed by atoms with Crippen molar-refractivity contribution < 1.29 is 0 Å². The van der Waals surface area contributed by atoms with Crippen LogP contribution >= 0.6 is 28.3 Å². The monoisotopic (exact) mass is 368 g/mol. The van der Waals surface area contributed by atoms with E-state index in [-0.39, 0.29) is 12.4 Å². The molecule has 0 amide bonds. The van der Waals surface area contributed by atoms with Crippen molar-refractivity contribution in [2.45, 2.75) is 12.6 Å². The number of piperazine rings is 1. The molecule has 0 bridgehead atoms. The molecule has 112 valence electrons. The fraction of sp³-hybridized carbons (Fsp3) is 0.333. The molecular weight excluding hydrogens is 352 g/mol. The second-order valence-corrected chi connectivity index (χ2v) is 5.86. The van der Waals surface area contributed by atoms with Crippen LogP contribution in [-0.2, 0) is 6.54 Å². The highest BCUT2D eigenvalue weighted by molar-refractivity contribution is 9.10. The number of pyridine rings is 2. The minimum atomic E-state index is 0. The van der Waals surface area contributed by atoms with E-state index in [1.54, 1.807) is 0 Å². The van der Waals surface area contributed by atoms with Gasteiger partial charge in [0.2, 0.25) is 0 Å². The quantitative estimate of drug-likeness (QED) is 0.903. The molecule has 0 saturated carbocycles. The zero-order chi connectivity index (χ0) is 13.8. The molecule has 0 radical (unpaired) electrons. The molecule has 3 rings (SSSR count). The van der Waals surface area contributed by atoms with Gasteiger partial charge in [-0.3, -0.25) is 14.9 Å². The second kappa shape index (κ2) is 7.84. The Hall–Kier alpha value is -1.01. The predicted octanol–water partition coefficient (Wildman–Crippen LogP) is 2.81. The van der Waals surface area contributed by atoms with Crippen molar-refractivity contribution in [3.63, 3.8) is 0 Å². The van der Waals surface area contributed by atoms with E-state index in [9.17, 15) is 0 Å². The van der Waals surface area contributed by atoms with Crippen LogP contribution < -0.4 is 5.32 Å². The maximum absolute atomic E-state index is 4.48. The van der Waals surface area contributed by atoms with Gasteiger partial charge in [0, 0.05) is 55.3 Å². The lowest BCUT2D eigenvalue weighted by Crippen LogP contribution is -2.45. The van der Waals surface area contributed by atoms with Gasteiger partial charge in [0.25, 0.3) is 0 Å². The SMILES string of the molecule is Brc1ccc(CN2CCNCC2c2cccnc2)nc1.Cl. The zero-order valence-electron chi connectivity index (χ0n) is 11.6. The average Bonchev–Trinajstić information content (AvgIpc) is 2.51. The molecule has 1 atom stereocenters. The van der Waals surface area contributed by atoms with Gasteiger partial charge in [-0.15, -0.1) is 12.4 Å². The molecule has 1 N–H and O–H groups in total.